The van der Waals surface area contributed by atoms with Gasteiger partial charge in [0, 0.05) is 29.7 Å². The van der Waals surface area contributed by atoms with E-state index in [1.807, 2.05) is 57.3 Å². The first-order chi connectivity index (χ1) is 12.5. The van der Waals surface area contributed by atoms with Crippen molar-refractivity contribution in [3.05, 3.63) is 70.3 Å². The summed E-state index contributed by atoms with van der Waals surface area (Å²) in [6.45, 7) is 4.07. The Kier molecular flexibility index (Phi) is 4.21. The molecule has 130 valence electrons. The van der Waals surface area contributed by atoms with Crippen LogP contribution in [-0.4, -0.2) is 14.8 Å². The summed E-state index contributed by atoms with van der Waals surface area (Å²) in [4.78, 5) is 15.4. The van der Waals surface area contributed by atoms with Crippen LogP contribution in [0.1, 0.15) is 16.7 Å². The maximum absolute atomic E-state index is 13.1. The van der Waals surface area contributed by atoms with Gasteiger partial charge in [0.05, 0.1) is 10.6 Å². The lowest BCUT2D eigenvalue weighted by Crippen LogP contribution is -2.28. The van der Waals surface area contributed by atoms with Gasteiger partial charge in [-0.3, -0.25) is 9.69 Å². The topological polar surface area (TPSA) is 25.2 Å². The van der Waals surface area contributed by atoms with Gasteiger partial charge >= 0.3 is 0 Å². The quantitative estimate of drug-likeness (QED) is 0.453. The van der Waals surface area contributed by atoms with Crippen molar-refractivity contribution in [2.24, 2.45) is 7.05 Å². The van der Waals surface area contributed by atoms with Crippen LogP contribution < -0.4 is 4.90 Å². The number of hydrogen-bond acceptors (Lipinski definition) is 3. The summed E-state index contributed by atoms with van der Waals surface area (Å²) < 4.78 is 2.65. The van der Waals surface area contributed by atoms with Gasteiger partial charge in [-0.25, -0.2) is 0 Å². The first kappa shape index (κ1) is 17.1. The van der Waals surface area contributed by atoms with E-state index in [1.54, 1.807) is 4.90 Å². The fourth-order valence-electron chi connectivity index (χ4n) is 3.28. The van der Waals surface area contributed by atoms with Crippen LogP contribution >= 0.6 is 24.0 Å². The molecule has 5 heteroatoms. The molecule has 2 heterocycles. The lowest BCUT2D eigenvalue weighted by Gasteiger charge is -2.18. The van der Waals surface area contributed by atoms with E-state index in [9.17, 15) is 4.79 Å². The second-order valence-electron chi connectivity index (χ2n) is 6.45. The fourth-order valence-corrected chi connectivity index (χ4v) is 4.56. The van der Waals surface area contributed by atoms with Gasteiger partial charge in [-0.05, 0) is 43.2 Å². The van der Waals surface area contributed by atoms with Crippen molar-refractivity contribution in [3.8, 4) is 0 Å². The van der Waals surface area contributed by atoms with E-state index in [2.05, 4.69) is 22.9 Å². The fraction of sp³-hybridized carbons (Fsp3) is 0.143. The van der Waals surface area contributed by atoms with Crippen LogP contribution in [0.3, 0.4) is 0 Å². The predicted molar refractivity (Wildman–Crippen MR) is 114 cm³/mol. The van der Waals surface area contributed by atoms with E-state index in [-0.39, 0.29) is 5.91 Å². The van der Waals surface area contributed by atoms with Crippen LogP contribution in [0.25, 0.3) is 17.0 Å². The molecular formula is C21H18N2OS2. The number of thiocarbonyl (C=S) groups is 1. The lowest BCUT2D eigenvalue weighted by molar-refractivity contribution is -0.113. The van der Waals surface area contributed by atoms with Gasteiger partial charge in [-0.2, -0.15) is 0 Å². The Morgan fingerprint density at radius 2 is 1.85 bits per heavy atom. The minimum atomic E-state index is -0.0540. The molecule has 26 heavy (non-hydrogen) atoms. The van der Waals surface area contributed by atoms with Crippen molar-refractivity contribution in [3.63, 3.8) is 0 Å². The summed E-state index contributed by atoms with van der Waals surface area (Å²) in [7, 11) is 2.01. The second-order valence-corrected chi connectivity index (χ2v) is 8.12. The number of fused-ring (bicyclic) bond motifs is 1. The van der Waals surface area contributed by atoms with E-state index in [4.69, 9.17) is 12.2 Å². The van der Waals surface area contributed by atoms with Crippen molar-refractivity contribution in [2.75, 3.05) is 4.90 Å². The van der Waals surface area contributed by atoms with E-state index >= 15 is 0 Å². The summed E-state index contributed by atoms with van der Waals surface area (Å²) in [5, 5.41) is 1.13. The van der Waals surface area contributed by atoms with Crippen molar-refractivity contribution in [1.82, 2.24) is 4.57 Å². The molecule has 0 radical (unpaired) electrons. The molecule has 0 aliphatic carbocycles. The van der Waals surface area contributed by atoms with Gasteiger partial charge in [0.15, 0.2) is 4.32 Å². The molecule has 1 saturated heterocycles. The number of carbonyl (C=O) groups is 1. The smallest absolute Gasteiger partial charge is 0.270 e. The van der Waals surface area contributed by atoms with Gasteiger partial charge in [0.2, 0.25) is 0 Å². The highest BCUT2D eigenvalue weighted by Gasteiger charge is 2.34. The Labute approximate surface area is 162 Å². The molecule has 0 spiro atoms. The number of rotatable bonds is 2. The number of nitrogens with zero attached hydrogens (tertiary/aromatic N) is 2. The average molecular weight is 379 g/mol. The Bertz CT molecular complexity index is 1090. The Morgan fingerprint density at radius 3 is 2.65 bits per heavy atom. The average Bonchev–Trinajstić information content (AvgIpc) is 3.08. The van der Waals surface area contributed by atoms with Gasteiger partial charge in [0.25, 0.3) is 5.91 Å². The summed E-state index contributed by atoms with van der Waals surface area (Å²) in [5.41, 5.74) is 5.27. The zero-order valence-electron chi connectivity index (χ0n) is 14.8. The lowest BCUT2D eigenvalue weighted by atomic mass is 10.1. The van der Waals surface area contributed by atoms with Crippen molar-refractivity contribution < 1.29 is 4.79 Å². The molecule has 0 N–H and O–H groups in total. The summed E-state index contributed by atoms with van der Waals surface area (Å²) in [6.07, 6.45) is 4.00. The summed E-state index contributed by atoms with van der Waals surface area (Å²) >= 11 is 6.88. The molecule has 1 aliphatic heterocycles. The third-order valence-electron chi connectivity index (χ3n) is 4.83. The molecule has 0 bridgehead atoms. The number of anilines is 1. The zero-order chi connectivity index (χ0) is 18.4. The van der Waals surface area contributed by atoms with E-state index in [0.29, 0.717) is 9.23 Å². The van der Waals surface area contributed by atoms with Gasteiger partial charge in [-0.15, -0.1) is 0 Å². The first-order valence-electron chi connectivity index (χ1n) is 8.35. The van der Waals surface area contributed by atoms with Crippen molar-refractivity contribution in [2.45, 2.75) is 13.8 Å². The van der Waals surface area contributed by atoms with E-state index in [1.165, 1.54) is 11.8 Å². The molecule has 4 rings (SSSR count). The zero-order valence-corrected chi connectivity index (χ0v) is 16.4. The molecular weight excluding hydrogens is 360 g/mol. The highest BCUT2D eigenvalue weighted by atomic mass is 32.2. The number of hydrogen-bond donors (Lipinski definition) is 0. The second kappa shape index (κ2) is 6.41. The number of thioether (sulfide) groups is 1. The molecule has 0 saturated carbocycles. The third kappa shape index (κ3) is 2.68. The number of aromatic nitrogens is 1. The number of carbonyl (C=O) groups excluding carboxylic acids is 1. The Morgan fingerprint density at radius 1 is 1.08 bits per heavy atom. The van der Waals surface area contributed by atoms with Crippen LogP contribution in [-0.2, 0) is 11.8 Å². The molecule has 1 amide bonds. The minimum absolute atomic E-state index is 0.0540. The number of para-hydroxylation sites is 1. The monoisotopic (exact) mass is 378 g/mol. The van der Waals surface area contributed by atoms with Crippen LogP contribution in [0.15, 0.2) is 53.6 Å². The Balaban J connectivity index is 1.77. The number of benzene rings is 2. The number of amides is 1. The SMILES string of the molecule is Cc1cccc(N2C(=O)C(=Cc3cn(C)c4ccccc34)SC2=S)c1C. The van der Waals surface area contributed by atoms with Gasteiger partial charge in [0.1, 0.15) is 0 Å². The molecule has 1 aromatic heterocycles. The molecule has 0 atom stereocenters. The minimum Gasteiger partial charge on any atom is -0.350 e. The first-order valence-corrected chi connectivity index (χ1v) is 9.58. The highest BCUT2D eigenvalue weighted by molar-refractivity contribution is 8.27. The highest BCUT2D eigenvalue weighted by Crippen LogP contribution is 2.38. The maximum Gasteiger partial charge on any atom is 0.270 e. The molecule has 3 aromatic rings. The summed E-state index contributed by atoms with van der Waals surface area (Å²) in [5.74, 6) is -0.0540. The van der Waals surface area contributed by atoms with Crippen LogP contribution in [0.2, 0.25) is 0 Å². The van der Waals surface area contributed by atoms with Gasteiger partial charge < -0.3 is 4.57 Å². The van der Waals surface area contributed by atoms with Crippen LogP contribution in [0.4, 0.5) is 5.69 Å². The molecule has 1 fully saturated rings. The standard InChI is InChI=1S/C21H18N2OS2/c1-13-7-6-10-17(14(13)2)23-20(24)19(26-21(23)25)11-15-12-22(3)18-9-5-4-8-16(15)18/h4-12H,1-3H3. The van der Waals surface area contributed by atoms with Crippen LogP contribution in [0.5, 0.6) is 0 Å². The predicted octanol–water partition coefficient (Wildman–Crippen LogP) is 5.20. The largest absolute Gasteiger partial charge is 0.350 e. The maximum atomic E-state index is 13.1. The Hall–Kier alpha value is -2.37. The third-order valence-corrected chi connectivity index (χ3v) is 6.13. The van der Waals surface area contributed by atoms with E-state index < -0.39 is 0 Å². The number of aryl methyl sites for hydroxylation is 2. The van der Waals surface area contributed by atoms with Crippen molar-refractivity contribution >= 4 is 56.9 Å². The summed E-state index contributed by atoms with van der Waals surface area (Å²) in [6, 6.07) is 14.1. The molecule has 0 unspecified atom stereocenters. The molecule has 3 nitrogen and oxygen atoms in total. The molecule has 1 aliphatic rings. The normalized spacial score (nSPS) is 16.3. The van der Waals surface area contributed by atoms with Crippen molar-refractivity contribution in [1.29, 1.82) is 0 Å². The molecule has 2 aromatic carbocycles. The van der Waals surface area contributed by atoms with Crippen LogP contribution in [0, 0.1) is 13.8 Å². The van der Waals surface area contributed by atoms with Gasteiger partial charge in [-0.1, -0.05) is 54.3 Å². The van der Waals surface area contributed by atoms with E-state index in [0.717, 1.165) is 33.3 Å².